The zero-order valence-electron chi connectivity index (χ0n) is 11.4. The van der Waals surface area contributed by atoms with E-state index in [4.69, 9.17) is 0 Å². The molecule has 0 unspecified atom stereocenters. The Balaban J connectivity index is 2.17. The van der Waals surface area contributed by atoms with Gasteiger partial charge in [0.25, 0.3) is 5.91 Å². The fourth-order valence-corrected chi connectivity index (χ4v) is 1.66. The molecule has 1 aromatic carbocycles. The van der Waals surface area contributed by atoms with E-state index in [0.29, 0.717) is 5.69 Å². The minimum Gasteiger partial charge on any atom is -0.346 e. The van der Waals surface area contributed by atoms with E-state index in [1.807, 2.05) is 0 Å². The molecular formula is C13H10F4N4O2. The average molecular weight is 330 g/mol. The molecule has 0 atom stereocenters. The number of hydrogen-bond acceptors (Lipinski definition) is 3. The SMILES string of the molecule is O=C(NCc1ccn[nH]1)c1cc(F)ccc1NC(=O)C(F)(F)F. The molecule has 23 heavy (non-hydrogen) atoms. The molecule has 122 valence electrons. The van der Waals surface area contributed by atoms with Crippen molar-refractivity contribution >= 4 is 17.5 Å². The number of carbonyl (C=O) groups is 2. The van der Waals surface area contributed by atoms with Gasteiger partial charge in [-0.05, 0) is 24.3 Å². The van der Waals surface area contributed by atoms with E-state index in [0.717, 1.165) is 18.2 Å². The number of benzene rings is 1. The van der Waals surface area contributed by atoms with Crippen molar-refractivity contribution in [2.75, 3.05) is 5.32 Å². The first-order valence-corrected chi connectivity index (χ1v) is 6.21. The van der Waals surface area contributed by atoms with Crippen LogP contribution < -0.4 is 10.6 Å². The van der Waals surface area contributed by atoms with Crippen LogP contribution in [0.25, 0.3) is 0 Å². The van der Waals surface area contributed by atoms with Gasteiger partial charge in [-0.2, -0.15) is 18.3 Å². The molecule has 10 heteroatoms. The lowest BCUT2D eigenvalue weighted by Crippen LogP contribution is -2.31. The van der Waals surface area contributed by atoms with Crippen molar-refractivity contribution in [3.05, 3.63) is 47.5 Å². The summed E-state index contributed by atoms with van der Waals surface area (Å²) in [4.78, 5) is 23.0. The summed E-state index contributed by atoms with van der Waals surface area (Å²) in [5, 5.41) is 10.1. The summed E-state index contributed by atoms with van der Waals surface area (Å²) in [6.45, 7) is 0.00199. The van der Waals surface area contributed by atoms with Crippen LogP contribution in [0.3, 0.4) is 0 Å². The Morgan fingerprint density at radius 2 is 1.96 bits per heavy atom. The molecule has 3 N–H and O–H groups in total. The van der Waals surface area contributed by atoms with Crippen LogP contribution in [-0.4, -0.2) is 28.2 Å². The molecule has 0 bridgehead atoms. The van der Waals surface area contributed by atoms with E-state index in [9.17, 15) is 27.2 Å². The molecule has 0 aliphatic rings. The minimum atomic E-state index is -5.13. The number of carbonyl (C=O) groups excluding carboxylic acids is 2. The molecule has 0 saturated carbocycles. The average Bonchev–Trinajstić information content (AvgIpc) is 2.98. The van der Waals surface area contributed by atoms with E-state index in [-0.39, 0.29) is 6.54 Å². The van der Waals surface area contributed by atoms with Gasteiger partial charge in [0.05, 0.1) is 23.5 Å². The molecular weight excluding hydrogens is 320 g/mol. The van der Waals surface area contributed by atoms with Crippen molar-refractivity contribution in [2.24, 2.45) is 0 Å². The summed E-state index contributed by atoms with van der Waals surface area (Å²) < 4.78 is 50.1. The number of anilines is 1. The number of halogens is 4. The second-order valence-corrected chi connectivity index (χ2v) is 4.41. The van der Waals surface area contributed by atoms with Gasteiger partial charge in [0.15, 0.2) is 0 Å². The van der Waals surface area contributed by atoms with Gasteiger partial charge < -0.3 is 10.6 Å². The monoisotopic (exact) mass is 330 g/mol. The van der Waals surface area contributed by atoms with Crippen molar-refractivity contribution in [3.63, 3.8) is 0 Å². The molecule has 0 fully saturated rings. The number of nitrogens with zero attached hydrogens (tertiary/aromatic N) is 1. The lowest BCUT2D eigenvalue weighted by atomic mass is 10.1. The topological polar surface area (TPSA) is 86.9 Å². The Hall–Kier alpha value is -2.91. The second-order valence-electron chi connectivity index (χ2n) is 4.41. The number of rotatable bonds is 4. The van der Waals surface area contributed by atoms with Gasteiger partial charge in [0, 0.05) is 6.20 Å². The number of amides is 2. The quantitative estimate of drug-likeness (QED) is 0.749. The van der Waals surface area contributed by atoms with Crippen molar-refractivity contribution < 1.29 is 27.2 Å². The Morgan fingerprint density at radius 1 is 1.22 bits per heavy atom. The Bertz CT molecular complexity index is 713. The fourth-order valence-electron chi connectivity index (χ4n) is 1.66. The fraction of sp³-hybridized carbons (Fsp3) is 0.154. The maximum absolute atomic E-state index is 13.3. The Labute approximate surface area is 126 Å². The minimum absolute atomic E-state index is 0.00199. The summed E-state index contributed by atoms with van der Waals surface area (Å²) in [5.74, 6) is -3.94. The normalized spacial score (nSPS) is 11.1. The first-order valence-electron chi connectivity index (χ1n) is 6.21. The van der Waals surface area contributed by atoms with Crippen LogP contribution in [-0.2, 0) is 11.3 Å². The zero-order valence-corrected chi connectivity index (χ0v) is 11.4. The van der Waals surface area contributed by atoms with Gasteiger partial charge in [0.1, 0.15) is 5.82 Å². The van der Waals surface area contributed by atoms with Crippen LogP contribution in [0.15, 0.2) is 30.5 Å². The molecule has 1 heterocycles. The van der Waals surface area contributed by atoms with Crippen molar-refractivity contribution in [3.8, 4) is 0 Å². The predicted molar refractivity (Wildman–Crippen MR) is 70.8 cm³/mol. The molecule has 0 saturated heterocycles. The van der Waals surface area contributed by atoms with Gasteiger partial charge in [-0.1, -0.05) is 0 Å². The standard InChI is InChI=1S/C13H10F4N4O2/c14-7-1-2-10(20-12(23)13(15,16)17)9(5-7)11(22)18-6-8-3-4-19-21-8/h1-5H,6H2,(H,18,22)(H,19,21)(H,20,23). The smallest absolute Gasteiger partial charge is 0.346 e. The molecule has 2 amide bonds. The van der Waals surface area contributed by atoms with Gasteiger partial charge in [-0.25, -0.2) is 4.39 Å². The van der Waals surface area contributed by atoms with Crippen molar-refractivity contribution in [2.45, 2.75) is 12.7 Å². The Morgan fingerprint density at radius 3 is 2.57 bits per heavy atom. The predicted octanol–water partition coefficient (Wildman–Crippen LogP) is 1.98. The Kier molecular flexibility index (Phi) is 4.63. The lowest BCUT2D eigenvalue weighted by Gasteiger charge is -2.12. The van der Waals surface area contributed by atoms with E-state index < -0.39 is 35.1 Å². The highest BCUT2D eigenvalue weighted by Gasteiger charge is 2.39. The van der Waals surface area contributed by atoms with Gasteiger partial charge in [-0.15, -0.1) is 0 Å². The molecule has 6 nitrogen and oxygen atoms in total. The third kappa shape index (κ3) is 4.28. The number of H-pyrrole nitrogens is 1. The van der Waals surface area contributed by atoms with Gasteiger partial charge in [-0.3, -0.25) is 14.7 Å². The van der Waals surface area contributed by atoms with Crippen LogP contribution in [0.1, 0.15) is 16.1 Å². The third-order valence-electron chi connectivity index (χ3n) is 2.73. The first kappa shape index (κ1) is 16.5. The zero-order chi connectivity index (χ0) is 17.0. The number of aromatic amines is 1. The van der Waals surface area contributed by atoms with Crippen LogP contribution >= 0.6 is 0 Å². The molecule has 0 aliphatic carbocycles. The van der Waals surface area contributed by atoms with Crippen LogP contribution in [0.5, 0.6) is 0 Å². The second kappa shape index (κ2) is 6.46. The van der Waals surface area contributed by atoms with Gasteiger partial charge >= 0.3 is 12.1 Å². The highest BCUT2D eigenvalue weighted by atomic mass is 19.4. The highest BCUT2D eigenvalue weighted by molar-refractivity contribution is 6.04. The maximum Gasteiger partial charge on any atom is 0.471 e. The number of nitrogens with one attached hydrogen (secondary N) is 3. The summed E-state index contributed by atoms with van der Waals surface area (Å²) in [7, 11) is 0. The molecule has 2 aromatic rings. The molecule has 2 rings (SSSR count). The summed E-state index contributed by atoms with van der Waals surface area (Å²) >= 11 is 0. The number of aromatic nitrogens is 2. The molecule has 0 radical (unpaired) electrons. The molecule has 1 aromatic heterocycles. The van der Waals surface area contributed by atoms with Crippen molar-refractivity contribution in [1.29, 1.82) is 0 Å². The van der Waals surface area contributed by atoms with E-state index >= 15 is 0 Å². The number of alkyl halides is 3. The first-order chi connectivity index (χ1) is 10.8. The lowest BCUT2D eigenvalue weighted by molar-refractivity contribution is -0.167. The highest BCUT2D eigenvalue weighted by Crippen LogP contribution is 2.22. The largest absolute Gasteiger partial charge is 0.471 e. The van der Waals surface area contributed by atoms with E-state index in [1.54, 1.807) is 11.4 Å². The van der Waals surface area contributed by atoms with Crippen LogP contribution in [0.2, 0.25) is 0 Å². The van der Waals surface area contributed by atoms with Crippen LogP contribution in [0.4, 0.5) is 23.2 Å². The molecule has 0 spiro atoms. The van der Waals surface area contributed by atoms with E-state index in [1.165, 1.54) is 6.20 Å². The number of hydrogen-bond donors (Lipinski definition) is 3. The van der Waals surface area contributed by atoms with Crippen molar-refractivity contribution in [1.82, 2.24) is 15.5 Å². The van der Waals surface area contributed by atoms with Gasteiger partial charge in [0.2, 0.25) is 0 Å². The van der Waals surface area contributed by atoms with Crippen LogP contribution in [0, 0.1) is 5.82 Å². The summed E-state index contributed by atoms with van der Waals surface area (Å²) in [6, 6.07) is 4.01. The summed E-state index contributed by atoms with van der Waals surface area (Å²) in [5.41, 5.74) is -0.339. The third-order valence-corrected chi connectivity index (χ3v) is 2.73. The maximum atomic E-state index is 13.3. The summed E-state index contributed by atoms with van der Waals surface area (Å²) in [6.07, 6.45) is -3.68. The van der Waals surface area contributed by atoms with E-state index in [2.05, 4.69) is 15.5 Å². The molecule has 0 aliphatic heterocycles.